The summed E-state index contributed by atoms with van der Waals surface area (Å²) < 4.78 is 5.20. The first-order valence-corrected chi connectivity index (χ1v) is 2.76. The Hall–Kier alpha value is -0.560. The highest BCUT2D eigenvalue weighted by Crippen LogP contribution is 2.06. The van der Waals surface area contributed by atoms with E-state index in [1.807, 2.05) is 19.1 Å². The molecule has 1 heterocycles. The van der Waals surface area contributed by atoms with Crippen LogP contribution in [0.25, 0.3) is 0 Å². The standard InChI is InChI=1S/C7H10O/c1-6-3-4-7(2)8-5-6/h3-4,7H,1,5H2,2H3/t7-/m1/s1. The molecule has 0 amide bonds. The van der Waals surface area contributed by atoms with Gasteiger partial charge in [-0.2, -0.15) is 0 Å². The molecule has 1 rings (SSSR count). The Bertz CT molecular complexity index is 124. The summed E-state index contributed by atoms with van der Waals surface area (Å²) in [6.45, 7) is 6.45. The van der Waals surface area contributed by atoms with Crippen molar-refractivity contribution in [3.05, 3.63) is 24.3 Å². The van der Waals surface area contributed by atoms with E-state index < -0.39 is 0 Å². The fourth-order valence-corrected chi connectivity index (χ4v) is 0.614. The second-order valence-corrected chi connectivity index (χ2v) is 2.03. The van der Waals surface area contributed by atoms with Crippen molar-refractivity contribution in [2.45, 2.75) is 13.0 Å². The Labute approximate surface area is 49.7 Å². The molecule has 1 atom stereocenters. The number of hydrogen-bond acceptors (Lipinski definition) is 1. The Morgan fingerprint density at radius 2 is 2.62 bits per heavy atom. The molecule has 1 nitrogen and oxygen atoms in total. The van der Waals surface area contributed by atoms with Gasteiger partial charge in [0.25, 0.3) is 0 Å². The summed E-state index contributed by atoms with van der Waals surface area (Å²) in [4.78, 5) is 0. The van der Waals surface area contributed by atoms with E-state index in [9.17, 15) is 0 Å². The van der Waals surface area contributed by atoms with Crippen molar-refractivity contribution in [1.82, 2.24) is 0 Å². The van der Waals surface area contributed by atoms with Crippen molar-refractivity contribution >= 4 is 0 Å². The quantitative estimate of drug-likeness (QED) is 0.459. The predicted molar refractivity (Wildman–Crippen MR) is 33.7 cm³/mol. The fourth-order valence-electron chi connectivity index (χ4n) is 0.614. The minimum atomic E-state index is 0.278. The summed E-state index contributed by atoms with van der Waals surface area (Å²) >= 11 is 0. The molecule has 0 spiro atoms. The average Bonchev–Trinajstić information content (AvgIpc) is 1.77. The van der Waals surface area contributed by atoms with Gasteiger partial charge in [-0.3, -0.25) is 0 Å². The molecule has 1 heteroatoms. The summed E-state index contributed by atoms with van der Waals surface area (Å²) in [6.07, 6.45) is 4.29. The highest BCUT2D eigenvalue weighted by atomic mass is 16.5. The lowest BCUT2D eigenvalue weighted by atomic mass is 10.2. The number of ether oxygens (including phenoxy) is 1. The second kappa shape index (κ2) is 2.14. The van der Waals surface area contributed by atoms with Crippen LogP contribution in [-0.4, -0.2) is 12.7 Å². The third-order valence-corrected chi connectivity index (χ3v) is 1.13. The molecule has 0 saturated carbocycles. The van der Waals surface area contributed by atoms with E-state index in [1.165, 1.54) is 0 Å². The van der Waals surface area contributed by atoms with Crippen molar-refractivity contribution < 1.29 is 4.74 Å². The van der Waals surface area contributed by atoms with Gasteiger partial charge in [0.05, 0.1) is 12.7 Å². The fraction of sp³-hybridized carbons (Fsp3) is 0.429. The molecule has 0 unspecified atom stereocenters. The Balaban J connectivity index is 2.55. The molecule has 0 saturated heterocycles. The molecular formula is C7H10O. The van der Waals surface area contributed by atoms with Gasteiger partial charge in [0, 0.05) is 0 Å². The van der Waals surface area contributed by atoms with Crippen molar-refractivity contribution in [3.8, 4) is 0 Å². The lowest BCUT2D eigenvalue weighted by Crippen LogP contribution is -2.10. The van der Waals surface area contributed by atoms with E-state index >= 15 is 0 Å². The van der Waals surface area contributed by atoms with Crippen molar-refractivity contribution in [1.29, 1.82) is 0 Å². The topological polar surface area (TPSA) is 9.23 Å². The van der Waals surface area contributed by atoms with Crippen LogP contribution < -0.4 is 0 Å². The van der Waals surface area contributed by atoms with Crippen LogP contribution in [0.4, 0.5) is 0 Å². The van der Waals surface area contributed by atoms with E-state index in [1.54, 1.807) is 0 Å². The monoisotopic (exact) mass is 110 g/mol. The normalized spacial score (nSPS) is 28.6. The van der Waals surface area contributed by atoms with Crippen LogP contribution in [0.1, 0.15) is 6.92 Å². The highest BCUT2D eigenvalue weighted by Gasteiger charge is 2.01. The molecule has 1 aliphatic rings. The van der Waals surface area contributed by atoms with Gasteiger partial charge in [-0.05, 0) is 12.5 Å². The van der Waals surface area contributed by atoms with Crippen LogP contribution in [0.5, 0.6) is 0 Å². The third kappa shape index (κ3) is 1.20. The van der Waals surface area contributed by atoms with Crippen LogP contribution in [0.3, 0.4) is 0 Å². The zero-order chi connectivity index (χ0) is 5.98. The molecule has 8 heavy (non-hydrogen) atoms. The average molecular weight is 110 g/mol. The second-order valence-electron chi connectivity index (χ2n) is 2.03. The van der Waals surface area contributed by atoms with Crippen molar-refractivity contribution in [3.63, 3.8) is 0 Å². The molecule has 0 aromatic heterocycles. The van der Waals surface area contributed by atoms with Crippen LogP contribution in [0, 0.1) is 0 Å². The minimum absolute atomic E-state index is 0.278. The lowest BCUT2D eigenvalue weighted by Gasteiger charge is -2.13. The van der Waals surface area contributed by atoms with Crippen LogP contribution in [0.15, 0.2) is 24.3 Å². The van der Waals surface area contributed by atoms with E-state index in [0.717, 1.165) is 5.57 Å². The van der Waals surface area contributed by atoms with Gasteiger partial charge >= 0.3 is 0 Å². The smallest absolute Gasteiger partial charge is 0.0735 e. The van der Waals surface area contributed by atoms with E-state index in [2.05, 4.69) is 6.58 Å². The van der Waals surface area contributed by atoms with Gasteiger partial charge in [-0.25, -0.2) is 0 Å². The Morgan fingerprint density at radius 1 is 1.88 bits per heavy atom. The first-order chi connectivity index (χ1) is 3.79. The summed E-state index contributed by atoms with van der Waals surface area (Å²) in [6, 6.07) is 0. The largest absolute Gasteiger partial charge is 0.370 e. The van der Waals surface area contributed by atoms with Crippen LogP contribution in [0.2, 0.25) is 0 Å². The predicted octanol–water partition coefficient (Wildman–Crippen LogP) is 1.52. The zero-order valence-corrected chi connectivity index (χ0v) is 5.05. The van der Waals surface area contributed by atoms with Gasteiger partial charge in [-0.15, -0.1) is 0 Å². The van der Waals surface area contributed by atoms with Gasteiger partial charge in [-0.1, -0.05) is 18.7 Å². The molecule has 44 valence electrons. The first-order valence-electron chi connectivity index (χ1n) is 2.76. The maximum Gasteiger partial charge on any atom is 0.0735 e. The molecule has 0 bridgehead atoms. The molecule has 0 aliphatic carbocycles. The van der Waals surface area contributed by atoms with Crippen LogP contribution in [-0.2, 0) is 4.74 Å². The first kappa shape index (κ1) is 5.57. The Kier molecular flexibility index (Phi) is 1.49. The van der Waals surface area contributed by atoms with Gasteiger partial charge in [0.15, 0.2) is 0 Å². The SMILES string of the molecule is C=C1C=C[C@@H](C)OC1. The van der Waals surface area contributed by atoms with E-state index in [0.29, 0.717) is 6.61 Å². The maximum atomic E-state index is 5.20. The third-order valence-electron chi connectivity index (χ3n) is 1.13. The number of hydrogen-bond donors (Lipinski definition) is 0. The van der Waals surface area contributed by atoms with Crippen molar-refractivity contribution in [2.75, 3.05) is 6.61 Å². The summed E-state index contributed by atoms with van der Waals surface area (Å²) in [7, 11) is 0. The van der Waals surface area contributed by atoms with Gasteiger partial charge in [0.1, 0.15) is 0 Å². The molecule has 0 aromatic carbocycles. The summed E-state index contributed by atoms with van der Waals surface area (Å²) in [5, 5.41) is 0. The summed E-state index contributed by atoms with van der Waals surface area (Å²) in [5.41, 5.74) is 1.06. The van der Waals surface area contributed by atoms with Crippen LogP contribution >= 0.6 is 0 Å². The number of rotatable bonds is 0. The van der Waals surface area contributed by atoms with E-state index in [-0.39, 0.29) is 6.10 Å². The van der Waals surface area contributed by atoms with Gasteiger partial charge in [0.2, 0.25) is 0 Å². The molecule has 0 radical (unpaired) electrons. The van der Waals surface area contributed by atoms with Gasteiger partial charge < -0.3 is 4.74 Å². The molecule has 1 aliphatic heterocycles. The molecule has 0 fully saturated rings. The highest BCUT2D eigenvalue weighted by molar-refractivity contribution is 5.18. The molecule has 0 aromatic rings. The zero-order valence-electron chi connectivity index (χ0n) is 5.05. The minimum Gasteiger partial charge on any atom is -0.370 e. The molecular weight excluding hydrogens is 100 g/mol. The summed E-state index contributed by atoms with van der Waals surface area (Å²) in [5.74, 6) is 0. The van der Waals surface area contributed by atoms with Crippen molar-refractivity contribution in [2.24, 2.45) is 0 Å². The van der Waals surface area contributed by atoms with E-state index in [4.69, 9.17) is 4.74 Å². The lowest BCUT2D eigenvalue weighted by molar-refractivity contribution is 0.113. The maximum absolute atomic E-state index is 5.20. The molecule has 0 N–H and O–H groups in total. The Morgan fingerprint density at radius 3 is 3.00 bits per heavy atom.